The van der Waals surface area contributed by atoms with Crippen LogP contribution in [0.2, 0.25) is 0 Å². The molecule has 2 N–H and O–H groups in total. The van der Waals surface area contributed by atoms with Crippen LogP contribution in [-0.4, -0.2) is 28.4 Å². The summed E-state index contributed by atoms with van der Waals surface area (Å²) >= 11 is 5.19. The van der Waals surface area contributed by atoms with Crippen LogP contribution in [0, 0.1) is 23.3 Å². The lowest BCUT2D eigenvalue weighted by Gasteiger charge is -2.25. The number of nitrogens with zero attached hydrogens (tertiary/aromatic N) is 1. The summed E-state index contributed by atoms with van der Waals surface area (Å²) in [7, 11) is 0. The number of esters is 1. The lowest BCUT2D eigenvalue weighted by Crippen LogP contribution is -2.42. The Morgan fingerprint density at radius 3 is 2.40 bits per heavy atom. The minimum atomic E-state index is -2.16. The van der Waals surface area contributed by atoms with Crippen molar-refractivity contribution >= 4 is 34.2 Å². The third kappa shape index (κ3) is 4.11. The predicted octanol–water partition coefficient (Wildman–Crippen LogP) is 3.49. The van der Waals surface area contributed by atoms with E-state index >= 15 is 0 Å². The van der Waals surface area contributed by atoms with Crippen LogP contribution < -0.4 is 16.2 Å². The van der Waals surface area contributed by atoms with Gasteiger partial charge in [-0.15, -0.1) is 0 Å². The van der Waals surface area contributed by atoms with E-state index in [1.165, 1.54) is 6.92 Å². The lowest BCUT2D eigenvalue weighted by atomic mass is 9.96. The Morgan fingerprint density at radius 2 is 1.77 bits per heavy atom. The molecule has 6 nitrogen and oxygen atoms in total. The molecule has 2 aromatic rings. The maximum absolute atomic E-state index is 14.5. The van der Waals surface area contributed by atoms with E-state index in [1.807, 2.05) is 0 Å². The molecular weight excluding hydrogens is 426 g/mol. The number of fused-ring (bicyclic) bond motifs is 1. The average molecular weight is 445 g/mol. The number of benzene rings is 1. The highest BCUT2D eigenvalue weighted by Gasteiger charge is 2.28. The number of halogens is 4. The largest absolute Gasteiger partial charge is 0.462 e. The van der Waals surface area contributed by atoms with E-state index in [0.29, 0.717) is 4.68 Å². The van der Waals surface area contributed by atoms with E-state index in [4.69, 9.17) is 17.0 Å². The monoisotopic (exact) mass is 445 g/mol. The van der Waals surface area contributed by atoms with Gasteiger partial charge in [-0.3, -0.25) is 14.9 Å². The van der Waals surface area contributed by atoms with Crippen molar-refractivity contribution in [2.24, 2.45) is 0 Å². The maximum atomic E-state index is 14.5. The summed E-state index contributed by atoms with van der Waals surface area (Å²) in [5.74, 6) is -9.10. The van der Waals surface area contributed by atoms with Crippen LogP contribution in [0.4, 0.5) is 17.6 Å². The van der Waals surface area contributed by atoms with Crippen molar-refractivity contribution in [1.29, 1.82) is 0 Å². The van der Waals surface area contributed by atoms with Crippen molar-refractivity contribution in [2.45, 2.75) is 45.1 Å². The Labute approximate surface area is 174 Å². The number of thiocarbonyl (C=S) groups is 1. The van der Waals surface area contributed by atoms with Crippen molar-refractivity contribution in [3.63, 3.8) is 0 Å². The predicted molar refractivity (Wildman–Crippen MR) is 106 cm³/mol. The fourth-order valence-electron chi connectivity index (χ4n) is 3.46. The van der Waals surface area contributed by atoms with Crippen molar-refractivity contribution < 1.29 is 27.1 Å². The van der Waals surface area contributed by atoms with Gasteiger partial charge in [-0.05, 0) is 32.0 Å². The Balaban J connectivity index is 2.13. The van der Waals surface area contributed by atoms with Gasteiger partial charge in [-0.2, -0.15) is 0 Å². The molecule has 1 aliphatic rings. The first kappa shape index (κ1) is 22.0. The second-order valence-corrected chi connectivity index (χ2v) is 7.27. The van der Waals surface area contributed by atoms with Crippen LogP contribution in [0.15, 0.2) is 11.0 Å². The average Bonchev–Trinajstić information content (AvgIpc) is 2.72. The first-order valence-electron chi connectivity index (χ1n) is 9.42. The fraction of sp³-hybridized carbons (Fsp3) is 0.421. The molecule has 30 heavy (non-hydrogen) atoms. The van der Waals surface area contributed by atoms with Gasteiger partial charge in [0.25, 0.3) is 0 Å². The minimum Gasteiger partial charge on any atom is -0.462 e. The Bertz CT molecular complexity index is 1070. The van der Waals surface area contributed by atoms with Gasteiger partial charge in [0.2, 0.25) is 5.43 Å². The second-order valence-electron chi connectivity index (χ2n) is 6.86. The Hall–Kier alpha value is -2.69. The van der Waals surface area contributed by atoms with Crippen molar-refractivity contribution in [1.82, 2.24) is 9.99 Å². The number of hydrogen-bond acceptors (Lipinski definition) is 4. The van der Waals surface area contributed by atoms with Crippen LogP contribution in [0.3, 0.4) is 0 Å². The fourth-order valence-corrected chi connectivity index (χ4v) is 3.72. The highest BCUT2D eigenvalue weighted by Crippen LogP contribution is 2.25. The van der Waals surface area contributed by atoms with Crippen LogP contribution in [0.1, 0.15) is 49.4 Å². The molecule has 0 saturated heterocycles. The lowest BCUT2D eigenvalue weighted by molar-refractivity contribution is 0.0524. The minimum absolute atomic E-state index is 0.0220. The Morgan fingerprint density at radius 1 is 1.13 bits per heavy atom. The van der Waals surface area contributed by atoms with Gasteiger partial charge in [0.05, 0.1) is 12.0 Å². The molecule has 1 aromatic carbocycles. The standard InChI is InChI=1S/C19H19F4N3O3S/c1-2-29-18(28)10-8-26(25-19(30)24-9-6-4-3-5-7-9)16-11(17(10)27)12(20)13(21)14(22)15(16)23/h8-9H,2-7H2,1H3,(H2,24,25,30). The molecule has 1 heterocycles. The van der Waals surface area contributed by atoms with E-state index in [-0.39, 0.29) is 17.8 Å². The molecule has 0 amide bonds. The Kier molecular flexibility index (Phi) is 6.59. The van der Waals surface area contributed by atoms with Gasteiger partial charge in [-0.1, -0.05) is 19.3 Å². The summed E-state index contributed by atoms with van der Waals surface area (Å²) < 4.78 is 62.0. The van der Waals surface area contributed by atoms with E-state index in [2.05, 4.69) is 10.7 Å². The smallest absolute Gasteiger partial charge is 0.343 e. The molecule has 1 saturated carbocycles. The number of hydrogen-bond donors (Lipinski definition) is 2. The van der Waals surface area contributed by atoms with Gasteiger partial charge in [0.1, 0.15) is 11.1 Å². The van der Waals surface area contributed by atoms with E-state index in [0.717, 1.165) is 38.3 Å². The summed E-state index contributed by atoms with van der Waals surface area (Å²) in [6.45, 7) is 1.38. The summed E-state index contributed by atoms with van der Waals surface area (Å²) in [5.41, 5.74) is -0.437. The SMILES string of the molecule is CCOC(=O)c1cn(NC(=S)NC2CCCCC2)c2c(F)c(F)c(F)c(F)c2c1=O. The van der Waals surface area contributed by atoms with E-state index < -0.39 is 51.1 Å². The zero-order valence-electron chi connectivity index (χ0n) is 16.0. The van der Waals surface area contributed by atoms with Gasteiger partial charge >= 0.3 is 5.97 Å². The molecule has 0 radical (unpaired) electrons. The molecule has 1 aliphatic carbocycles. The molecule has 3 rings (SSSR count). The summed E-state index contributed by atoms with van der Waals surface area (Å²) in [6, 6.07) is 0.0460. The van der Waals surface area contributed by atoms with Crippen LogP contribution in [0.25, 0.3) is 10.9 Å². The number of carbonyl (C=O) groups is 1. The third-order valence-electron chi connectivity index (χ3n) is 4.87. The first-order valence-corrected chi connectivity index (χ1v) is 9.83. The quantitative estimate of drug-likeness (QED) is 0.247. The molecule has 0 spiro atoms. The van der Waals surface area contributed by atoms with E-state index in [9.17, 15) is 27.2 Å². The molecule has 0 bridgehead atoms. The van der Waals surface area contributed by atoms with Gasteiger partial charge in [0.15, 0.2) is 28.4 Å². The van der Waals surface area contributed by atoms with Crippen molar-refractivity contribution in [3.8, 4) is 0 Å². The first-order chi connectivity index (χ1) is 14.3. The number of nitrogens with one attached hydrogen (secondary N) is 2. The highest BCUT2D eigenvalue weighted by atomic mass is 32.1. The molecule has 0 aliphatic heterocycles. The normalized spacial score (nSPS) is 14.6. The summed E-state index contributed by atoms with van der Waals surface area (Å²) in [4.78, 5) is 24.7. The summed E-state index contributed by atoms with van der Waals surface area (Å²) in [6.07, 6.45) is 5.61. The zero-order chi connectivity index (χ0) is 22.0. The molecule has 162 valence electrons. The number of carbonyl (C=O) groups excluding carboxylic acids is 1. The molecular formula is C19H19F4N3O3S. The van der Waals surface area contributed by atoms with Crippen LogP contribution >= 0.6 is 12.2 Å². The topological polar surface area (TPSA) is 72.4 Å². The van der Waals surface area contributed by atoms with Gasteiger partial charge in [0, 0.05) is 12.2 Å². The van der Waals surface area contributed by atoms with Gasteiger partial charge in [-0.25, -0.2) is 22.4 Å². The number of aromatic nitrogens is 1. The second kappa shape index (κ2) is 8.99. The van der Waals surface area contributed by atoms with E-state index in [1.54, 1.807) is 0 Å². The van der Waals surface area contributed by atoms with Gasteiger partial charge < -0.3 is 10.1 Å². The maximum Gasteiger partial charge on any atom is 0.343 e. The number of pyridine rings is 1. The zero-order valence-corrected chi connectivity index (χ0v) is 16.8. The highest BCUT2D eigenvalue weighted by molar-refractivity contribution is 7.80. The molecule has 11 heteroatoms. The van der Waals surface area contributed by atoms with Crippen LogP contribution in [-0.2, 0) is 4.74 Å². The summed E-state index contributed by atoms with van der Waals surface area (Å²) in [5, 5.41) is 1.85. The van der Waals surface area contributed by atoms with Crippen molar-refractivity contribution in [2.75, 3.05) is 12.0 Å². The molecule has 0 unspecified atom stereocenters. The molecule has 0 atom stereocenters. The van der Waals surface area contributed by atoms with Crippen LogP contribution in [0.5, 0.6) is 0 Å². The molecule has 1 fully saturated rings. The number of rotatable bonds is 4. The number of ether oxygens (including phenoxy) is 1. The van der Waals surface area contributed by atoms with Crippen molar-refractivity contribution in [3.05, 3.63) is 45.3 Å². The third-order valence-corrected chi connectivity index (χ3v) is 5.08. The molecule has 1 aromatic heterocycles.